The number of piperidine rings is 1. The van der Waals surface area contributed by atoms with Gasteiger partial charge in [0.2, 0.25) is 0 Å². The molecule has 0 spiro atoms. The number of carboxylic acids is 1. The summed E-state index contributed by atoms with van der Waals surface area (Å²) < 4.78 is 5.49. The fourth-order valence-corrected chi connectivity index (χ4v) is 2.04. The van der Waals surface area contributed by atoms with E-state index < -0.39 is 5.97 Å². The van der Waals surface area contributed by atoms with Gasteiger partial charge in [0, 0.05) is 26.2 Å². The van der Waals surface area contributed by atoms with Crippen molar-refractivity contribution in [2.75, 3.05) is 46.9 Å². The summed E-state index contributed by atoms with van der Waals surface area (Å²) >= 11 is 0. The molecule has 0 saturated carbocycles. The van der Waals surface area contributed by atoms with E-state index in [1.807, 2.05) is 19.0 Å². The molecule has 1 fully saturated rings. The summed E-state index contributed by atoms with van der Waals surface area (Å²) in [5.74, 6) is -0.845. The molecular formula is C13H25N3O4. The molecule has 2 N–H and O–H groups in total. The van der Waals surface area contributed by atoms with Gasteiger partial charge in [-0.3, -0.25) is 4.79 Å². The molecule has 116 valence electrons. The Balaban J connectivity index is 2.14. The van der Waals surface area contributed by atoms with Crippen LogP contribution in [0.15, 0.2) is 0 Å². The lowest BCUT2D eigenvalue weighted by atomic mass is 10.1. The maximum Gasteiger partial charge on any atom is 0.317 e. The van der Waals surface area contributed by atoms with E-state index in [9.17, 15) is 9.59 Å². The van der Waals surface area contributed by atoms with E-state index >= 15 is 0 Å². The van der Waals surface area contributed by atoms with Crippen LogP contribution < -0.4 is 5.32 Å². The number of hydrogen-bond acceptors (Lipinski definition) is 4. The van der Waals surface area contributed by atoms with Crippen molar-refractivity contribution in [3.05, 3.63) is 0 Å². The molecule has 7 nitrogen and oxygen atoms in total. The number of hydrogen-bond donors (Lipinski definition) is 2. The molecule has 0 atom stereocenters. The van der Waals surface area contributed by atoms with E-state index in [4.69, 9.17) is 9.84 Å². The lowest BCUT2D eigenvalue weighted by Crippen LogP contribution is -2.47. The van der Waals surface area contributed by atoms with Crippen LogP contribution in [0.5, 0.6) is 0 Å². The van der Waals surface area contributed by atoms with Gasteiger partial charge in [-0.1, -0.05) is 0 Å². The fraction of sp³-hybridized carbons (Fsp3) is 0.846. The van der Waals surface area contributed by atoms with Crippen molar-refractivity contribution in [2.24, 2.45) is 0 Å². The van der Waals surface area contributed by atoms with Crippen LogP contribution in [0.1, 0.15) is 19.3 Å². The van der Waals surface area contributed by atoms with Gasteiger partial charge in [0.1, 0.15) is 0 Å². The van der Waals surface area contributed by atoms with Crippen LogP contribution in [0.3, 0.4) is 0 Å². The van der Waals surface area contributed by atoms with Gasteiger partial charge in [-0.05, 0) is 26.9 Å². The largest absolute Gasteiger partial charge is 0.481 e. The summed E-state index contributed by atoms with van der Waals surface area (Å²) in [6.45, 7) is 3.02. The number of nitrogens with zero attached hydrogens (tertiary/aromatic N) is 2. The Morgan fingerprint density at radius 3 is 2.55 bits per heavy atom. The highest BCUT2D eigenvalue weighted by molar-refractivity contribution is 5.74. The second-order valence-corrected chi connectivity index (χ2v) is 5.24. The van der Waals surface area contributed by atoms with Crippen LogP contribution in [-0.2, 0) is 9.53 Å². The van der Waals surface area contributed by atoms with Crippen LogP contribution in [0.2, 0.25) is 0 Å². The van der Waals surface area contributed by atoms with Crippen LogP contribution >= 0.6 is 0 Å². The summed E-state index contributed by atoms with van der Waals surface area (Å²) in [6, 6.07) is -0.0316. The molecule has 0 aromatic carbocycles. The summed E-state index contributed by atoms with van der Waals surface area (Å²) in [5, 5.41) is 11.4. The molecule has 1 aliphatic rings. The van der Waals surface area contributed by atoms with Crippen LogP contribution in [-0.4, -0.2) is 79.9 Å². The normalized spacial score (nSPS) is 16.4. The fourth-order valence-electron chi connectivity index (χ4n) is 2.04. The molecule has 1 saturated heterocycles. The number of rotatable bonds is 7. The van der Waals surface area contributed by atoms with Gasteiger partial charge in [0.25, 0.3) is 0 Å². The number of urea groups is 1. The number of carboxylic acid groups (broad SMARTS) is 1. The Hall–Kier alpha value is -1.34. The minimum absolute atomic E-state index is 0.0316. The average Bonchev–Trinajstić information content (AvgIpc) is 2.38. The molecule has 0 aliphatic carbocycles. The molecule has 0 aromatic heterocycles. The zero-order valence-corrected chi connectivity index (χ0v) is 12.3. The van der Waals surface area contributed by atoms with Crippen molar-refractivity contribution >= 4 is 12.0 Å². The van der Waals surface area contributed by atoms with E-state index in [2.05, 4.69) is 5.32 Å². The second kappa shape index (κ2) is 8.76. The van der Waals surface area contributed by atoms with E-state index in [1.165, 1.54) is 0 Å². The third kappa shape index (κ3) is 6.72. The summed E-state index contributed by atoms with van der Waals surface area (Å²) in [6.07, 6.45) is 1.63. The third-order valence-corrected chi connectivity index (χ3v) is 3.23. The zero-order chi connectivity index (χ0) is 15.0. The number of nitrogens with one attached hydrogen (secondary N) is 1. The molecular weight excluding hydrogens is 262 g/mol. The highest BCUT2D eigenvalue weighted by atomic mass is 16.5. The van der Waals surface area contributed by atoms with E-state index in [-0.39, 0.29) is 25.2 Å². The number of carbonyl (C=O) groups is 2. The van der Waals surface area contributed by atoms with Gasteiger partial charge in [0.05, 0.1) is 19.1 Å². The lowest BCUT2D eigenvalue weighted by Gasteiger charge is -2.32. The SMILES string of the molecule is CN(C)CCNC(=O)N1CCC(OCCC(=O)O)CC1. The number of aliphatic carboxylic acids is 1. The minimum atomic E-state index is -0.845. The quantitative estimate of drug-likeness (QED) is 0.699. The van der Waals surface area contributed by atoms with Gasteiger partial charge in [-0.15, -0.1) is 0 Å². The first-order chi connectivity index (χ1) is 9.49. The Bertz CT molecular complexity index is 315. The van der Waals surface area contributed by atoms with E-state index in [0.29, 0.717) is 19.6 Å². The third-order valence-electron chi connectivity index (χ3n) is 3.23. The average molecular weight is 287 g/mol. The molecule has 0 unspecified atom stereocenters. The Morgan fingerprint density at radius 2 is 2.00 bits per heavy atom. The van der Waals surface area contributed by atoms with Crippen molar-refractivity contribution in [1.82, 2.24) is 15.1 Å². The first kappa shape index (κ1) is 16.7. The molecule has 1 rings (SSSR count). The highest BCUT2D eigenvalue weighted by Crippen LogP contribution is 2.13. The molecule has 7 heteroatoms. The molecule has 0 bridgehead atoms. The number of ether oxygens (including phenoxy) is 1. The highest BCUT2D eigenvalue weighted by Gasteiger charge is 2.22. The monoisotopic (exact) mass is 287 g/mol. The van der Waals surface area contributed by atoms with Gasteiger partial charge in [-0.25, -0.2) is 4.79 Å². The standard InChI is InChI=1S/C13H25N3O4/c1-15(2)9-6-14-13(19)16-7-3-11(4-8-16)20-10-5-12(17)18/h11H,3-10H2,1-2H3,(H,14,19)(H,17,18). The first-order valence-corrected chi connectivity index (χ1v) is 7.00. The smallest absolute Gasteiger partial charge is 0.317 e. The maximum absolute atomic E-state index is 11.9. The Morgan fingerprint density at radius 1 is 1.35 bits per heavy atom. The number of amides is 2. The van der Waals surface area contributed by atoms with Gasteiger partial charge >= 0.3 is 12.0 Å². The van der Waals surface area contributed by atoms with Crippen LogP contribution in [0, 0.1) is 0 Å². The van der Waals surface area contributed by atoms with E-state index in [1.54, 1.807) is 4.90 Å². The number of likely N-dealkylation sites (N-methyl/N-ethyl adjacent to an activating group) is 1. The van der Waals surface area contributed by atoms with Crippen molar-refractivity contribution in [2.45, 2.75) is 25.4 Å². The van der Waals surface area contributed by atoms with Crippen molar-refractivity contribution in [3.8, 4) is 0 Å². The van der Waals surface area contributed by atoms with E-state index in [0.717, 1.165) is 19.4 Å². The van der Waals surface area contributed by atoms with Crippen molar-refractivity contribution in [1.29, 1.82) is 0 Å². The summed E-state index contributed by atoms with van der Waals surface area (Å²) in [7, 11) is 3.93. The summed E-state index contributed by atoms with van der Waals surface area (Å²) in [5.41, 5.74) is 0. The Labute approximate surface area is 119 Å². The predicted octanol–water partition coefficient (Wildman–Crippen LogP) is 0.213. The van der Waals surface area contributed by atoms with Gasteiger partial charge in [-0.2, -0.15) is 0 Å². The molecule has 1 aliphatic heterocycles. The minimum Gasteiger partial charge on any atom is -0.481 e. The lowest BCUT2D eigenvalue weighted by molar-refractivity contribution is -0.138. The zero-order valence-electron chi connectivity index (χ0n) is 12.3. The molecule has 1 heterocycles. The summed E-state index contributed by atoms with van der Waals surface area (Å²) in [4.78, 5) is 26.1. The second-order valence-electron chi connectivity index (χ2n) is 5.24. The van der Waals surface area contributed by atoms with Gasteiger partial charge < -0.3 is 25.0 Å². The molecule has 0 aromatic rings. The van der Waals surface area contributed by atoms with Crippen LogP contribution in [0.25, 0.3) is 0 Å². The first-order valence-electron chi connectivity index (χ1n) is 7.00. The molecule has 20 heavy (non-hydrogen) atoms. The molecule has 0 radical (unpaired) electrons. The Kier molecular flexibility index (Phi) is 7.32. The topological polar surface area (TPSA) is 82.1 Å². The maximum atomic E-state index is 11.9. The van der Waals surface area contributed by atoms with Crippen molar-refractivity contribution < 1.29 is 19.4 Å². The van der Waals surface area contributed by atoms with Gasteiger partial charge in [0.15, 0.2) is 0 Å². The predicted molar refractivity (Wildman–Crippen MR) is 74.8 cm³/mol. The molecule has 2 amide bonds. The number of carbonyl (C=O) groups excluding carboxylic acids is 1. The number of likely N-dealkylation sites (tertiary alicyclic amines) is 1. The van der Waals surface area contributed by atoms with Crippen LogP contribution in [0.4, 0.5) is 4.79 Å². The van der Waals surface area contributed by atoms with Crippen molar-refractivity contribution in [3.63, 3.8) is 0 Å².